The van der Waals surface area contributed by atoms with E-state index in [1.165, 1.54) is 0 Å². The van der Waals surface area contributed by atoms with Crippen LogP contribution in [0.15, 0.2) is 0 Å². The first-order chi connectivity index (χ1) is 6.92. The first kappa shape index (κ1) is 12.4. The molecule has 0 aromatic rings. The average molecular weight is 221 g/mol. The summed E-state index contributed by atoms with van der Waals surface area (Å²) in [6.45, 7) is 5.25. The molecular formula is C10H17F2NO2. The minimum Gasteiger partial charge on any atom is -0.456 e. The standard InChI is InChI=1S/C10H17F2NO2/c1-7(2)3-4-13-6-8-5-10(11,12)9(14)15-8/h7-8,13H,3-6H2,1-2H3. The number of carbonyl (C=O) groups excluding carboxylic acids is 1. The van der Waals surface area contributed by atoms with Crippen LogP contribution < -0.4 is 5.32 Å². The number of nitrogens with one attached hydrogen (secondary N) is 1. The van der Waals surface area contributed by atoms with Crippen LogP contribution in [0.5, 0.6) is 0 Å². The minimum atomic E-state index is -3.29. The number of alkyl halides is 2. The van der Waals surface area contributed by atoms with Crippen LogP contribution in [0.3, 0.4) is 0 Å². The summed E-state index contributed by atoms with van der Waals surface area (Å²) in [5.74, 6) is -4.10. The number of ether oxygens (including phenoxy) is 1. The second-order valence-electron chi connectivity index (χ2n) is 4.32. The van der Waals surface area contributed by atoms with E-state index in [2.05, 4.69) is 23.9 Å². The molecule has 0 bridgehead atoms. The first-order valence-corrected chi connectivity index (χ1v) is 5.21. The molecular weight excluding hydrogens is 204 g/mol. The molecule has 0 aromatic heterocycles. The summed E-state index contributed by atoms with van der Waals surface area (Å²) in [7, 11) is 0. The Hall–Kier alpha value is -0.710. The molecule has 1 heterocycles. The zero-order valence-corrected chi connectivity index (χ0v) is 9.06. The fourth-order valence-electron chi connectivity index (χ4n) is 1.42. The van der Waals surface area contributed by atoms with E-state index < -0.39 is 24.4 Å². The van der Waals surface area contributed by atoms with Crippen LogP contribution >= 0.6 is 0 Å². The van der Waals surface area contributed by atoms with E-state index >= 15 is 0 Å². The molecule has 1 unspecified atom stereocenters. The van der Waals surface area contributed by atoms with Crippen LogP contribution in [-0.4, -0.2) is 31.1 Å². The van der Waals surface area contributed by atoms with Gasteiger partial charge in [0.2, 0.25) is 0 Å². The van der Waals surface area contributed by atoms with E-state index in [1.54, 1.807) is 0 Å². The van der Waals surface area contributed by atoms with Crippen molar-refractivity contribution in [3.05, 3.63) is 0 Å². The molecule has 3 nitrogen and oxygen atoms in total. The van der Waals surface area contributed by atoms with E-state index in [0.29, 0.717) is 12.5 Å². The van der Waals surface area contributed by atoms with E-state index in [1.807, 2.05) is 0 Å². The minimum absolute atomic E-state index is 0.314. The van der Waals surface area contributed by atoms with Gasteiger partial charge in [-0.3, -0.25) is 0 Å². The molecule has 15 heavy (non-hydrogen) atoms. The van der Waals surface area contributed by atoms with Gasteiger partial charge in [0.15, 0.2) is 0 Å². The van der Waals surface area contributed by atoms with Gasteiger partial charge in [-0.2, -0.15) is 8.78 Å². The molecule has 0 aliphatic carbocycles. The second-order valence-corrected chi connectivity index (χ2v) is 4.32. The molecule has 1 rings (SSSR count). The molecule has 0 amide bonds. The lowest BCUT2D eigenvalue weighted by Gasteiger charge is -2.10. The summed E-state index contributed by atoms with van der Waals surface area (Å²) in [4.78, 5) is 10.6. The van der Waals surface area contributed by atoms with E-state index in [0.717, 1.165) is 13.0 Å². The predicted octanol–water partition coefficient (Wildman–Crippen LogP) is 1.57. The van der Waals surface area contributed by atoms with Gasteiger partial charge in [0.25, 0.3) is 0 Å². The van der Waals surface area contributed by atoms with Crippen LogP contribution in [0.25, 0.3) is 0 Å². The van der Waals surface area contributed by atoms with Crippen LogP contribution in [0, 0.1) is 5.92 Å². The quantitative estimate of drug-likeness (QED) is 0.565. The number of hydrogen-bond donors (Lipinski definition) is 1. The molecule has 1 atom stereocenters. The Morgan fingerprint density at radius 2 is 2.27 bits per heavy atom. The first-order valence-electron chi connectivity index (χ1n) is 5.21. The van der Waals surface area contributed by atoms with Gasteiger partial charge in [-0.25, -0.2) is 4.79 Å². The molecule has 1 saturated heterocycles. The molecule has 1 aliphatic rings. The molecule has 1 N–H and O–H groups in total. The predicted molar refractivity (Wildman–Crippen MR) is 51.8 cm³/mol. The van der Waals surface area contributed by atoms with Crippen molar-refractivity contribution in [2.24, 2.45) is 5.92 Å². The van der Waals surface area contributed by atoms with Crippen LogP contribution in [-0.2, 0) is 9.53 Å². The van der Waals surface area contributed by atoms with Crippen molar-refractivity contribution in [1.82, 2.24) is 5.32 Å². The molecule has 0 aromatic carbocycles. The average Bonchev–Trinajstić information content (AvgIpc) is 2.35. The van der Waals surface area contributed by atoms with Crippen molar-refractivity contribution in [2.75, 3.05) is 13.1 Å². The summed E-state index contributed by atoms with van der Waals surface area (Å²) >= 11 is 0. The normalized spacial score (nSPS) is 24.6. The highest BCUT2D eigenvalue weighted by Gasteiger charge is 2.50. The van der Waals surface area contributed by atoms with Gasteiger partial charge in [0.1, 0.15) is 6.10 Å². The number of cyclic esters (lactones) is 1. The maximum absolute atomic E-state index is 12.7. The molecule has 0 radical (unpaired) electrons. The fourth-order valence-corrected chi connectivity index (χ4v) is 1.42. The lowest BCUT2D eigenvalue weighted by atomic mass is 10.1. The maximum Gasteiger partial charge on any atom is 0.377 e. The lowest BCUT2D eigenvalue weighted by Crippen LogP contribution is -2.28. The van der Waals surface area contributed by atoms with Gasteiger partial charge in [-0.1, -0.05) is 13.8 Å². The monoisotopic (exact) mass is 221 g/mol. The number of rotatable bonds is 5. The third-order valence-electron chi connectivity index (χ3n) is 2.33. The topological polar surface area (TPSA) is 38.3 Å². The third-order valence-corrected chi connectivity index (χ3v) is 2.33. The fraction of sp³-hybridized carbons (Fsp3) is 0.900. The molecule has 88 valence electrons. The Kier molecular flexibility index (Phi) is 4.02. The van der Waals surface area contributed by atoms with Gasteiger partial charge >= 0.3 is 11.9 Å². The Balaban J connectivity index is 2.17. The van der Waals surface area contributed by atoms with E-state index in [9.17, 15) is 13.6 Å². The smallest absolute Gasteiger partial charge is 0.377 e. The molecule has 0 saturated carbocycles. The van der Waals surface area contributed by atoms with Gasteiger partial charge < -0.3 is 10.1 Å². The highest BCUT2D eigenvalue weighted by atomic mass is 19.3. The molecule has 0 spiro atoms. The number of hydrogen-bond acceptors (Lipinski definition) is 3. The Bertz CT molecular complexity index is 231. The molecule has 1 aliphatic heterocycles. The largest absolute Gasteiger partial charge is 0.456 e. The van der Waals surface area contributed by atoms with Gasteiger partial charge in [-0.05, 0) is 18.9 Å². The number of carbonyl (C=O) groups is 1. The third kappa shape index (κ3) is 3.74. The summed E-state index contributed by atoms with van der Waals surface area (Å²) in [5, 5.41) is 3.01. The van der Waals surface area contributed by atoms with E-state index in [4.69, 9.17) is 0 Å². The molecule has 1 fully saturated rings. The SMILES string of the molecule is CC(C)CCNCC1CC(F)(F)C(=O)O1. The highest BCUT2D eigenvalue weighted by Crippen LogP contribution is 2.30. The van der Waals surface area contributed by atoms with Crippen molar-refractivity contribution in [3.63, 3.8) is 0 Å². The summed E-state index contributed by atoms with van der Waals surface area (Å²) in [6, 6.07) is 0. The van der Waals surface area contributed by atoms with Crippen LogP contribution in [0.1, 0.15) is 26.7 Å². The Labute approximate surface area is 88.2 Å². The lowest BCUT2D eigenvalue weighted by molar-refractivity contribution is -0.159. The zero-order chi connectivity index (χ0) is 11.5. The van der Waals surface area contributed by atoms with Crippen LogP contribution in [0.4, 0.5) is 8.78 Å². The van der Waals surface area contributed by atoms with Crippen molar-refractivity contribution >= 4 is 5.97 Å². The number of halogens is 2. The van der Waals surface area contributed by atoms with Gasteiger partial charge in [-0.15, -0.1) is 0 Å². The molecule has 5 heteroatoms. The summed E-state index contributed by atoms with van der Waals surface area (Å²) < 4.78 is 30.0. The van der Waals surface area contributed by atoms with Crippen molar-refractivity contribution < 1.29 is 18.3 Å². The van der Waals surface area contributed by atoms with Crippen molar-refractivity contribution in [2.45, 2.75) is 38.7 Å². The zero-order valence-electron chi connectivity index (χ0n) is 9.06. The van der Waals surface area contributed by atoms with Gasteiger partial charge in [0.05, 0.1) is 6.42 Å². The summed E-state index contributed by atoms with van der Waals surface area (Å²) in [6.07, 6.45) is -0.197. The van der Waals surface area contributed by atoms with Crippen molar-refractivity contribution in [3.8, 4) is 0 Å². The van der Waals surface area contributed by atoms with Crippen molar-refractivity contribution in [1.29, 1.82) is 0 Å². The van der Waals surface area contributed by atoms with E-state index in [-0.39, 0.29) is 0 Å². The summed E-state index contributed by atoms with van der Waals surface area (Å²) in [5.41, 5.74) is 0. The van der Waals surface area contributed by atoms with Gasteiger partial charge in [0, 0.05) is 6.54 Å². The number of esters is 1. The van der Waals surface area contributed by atoms with Crippen LogP contribution in [0.2, 0.25) is 0 Å². The maximum atomic E-state index is 12.7. The second kappa shape index (κ2) is 4.88. The Morgan fingerprint density at radius 3 is 2.73 bits per heavy atom. The Morgan fingerprint density at radius 1 is 1.60 bits per heavy atom. The highest BCUT2D eigenvalue weighted by molar-refractivity contribution is 5.79.